The van der Waals surface area contributed by atoms with Crippen LogP contribution in [0.3, 0.4) is 0 Å². The zero-order valence-corrected chi connectivity index (χ0v) is 78.2. The van der Waals surface area contributed by atoms with Gasteiger partial charge in [-0.3, -0.25) is 14.7 Å². The van der Waals surface area contributed by atoms with Crippen LogP contribution in [0.4, 0.5) is 32.5 Å². The summed E-state index contributed by atoms with van der Waals surface area (Å²) in [6.45, 7) is 20.4. The SMILES string of the molecule is C[C@H](Oc1cc(N2CC(C3CC[C@@]4(CCCc5c4noc5-c4nc(O[C@@H](C)[C@@H]5CCCN5C)cc(N5C[C@H](C)N[C@@H](C)C5)n4)c4c3sc(N)c4C#N)NC3(CC3)C2)nc(-c2onc3c2CCC[C@@]32CC(C[C@H]3CN(c4cc(-c5onc6c5CCC[C@@]65CCCc6sc(N)c(C#N)c65)nc(O[C@@H](C)[C@@H]5CCCN5C)n4)C[C@H](C)N3)Cc3sc(N)c(C#N)c32)n1)[C@@H]1CCCN1C. The second-order valence-corrected chi connectivity index (χ2v) is 44.0. The van der Waals surface area contributed by atoms with E-state index in [0.29, 0.717) is 117 Å². The highest BCUT2D eigenvalue weighted by Crippen LogP contribution is 2.62. The van der Waals surface area contributed by atoms with E-state index in [1.165, 1.54) is 4.88 Å². The number of rotatable bonds is 18. The predicted octanol–water partition coefficient (Wildman–Crippen LogP) is 13.3. The van der Waals surface area contributed by atoms with E-state index < -0.39 is 16.2 Å². The highest BCUT2D eigenvalue weighted by Gasteiger charge is 2.58. The van der Waals surface area contributed by atoms with Crippen molar-refractivity contribution in [2.75, 3.05) is 112 Å². The largest absolute Gasteiger partial charge is 0.473 e. The summed E-state index contributed by atoms with van der Waals surface area (Å²) in [6.07, 6.45) is 21.7. The molecule has 0 amide bonds. The Morgan fingerprint density at radius 1 is 0.504 bits per heavy atom. The summed E-state index contributed by atoms with van der Waals surface area (Å²) in [5.74, 6) is 6.02. The number of nitrogens with two attached hydrogens (primary N) is 3. The Hall–Kier alpha value is -9.60. The van der Waals surface area contributed by atoms with Gasteiger partial charge in [0.05, 0.1) is 33.8 Å². The van der Waals surface area contributed by atoms with Crippen molar-refractivity contribution < 1.29 is 27.8 Å². The molecule has 4 spiro atoms. The molecule has 9 aromatic heterocycles. The van der Waals surface area contributed by atoms with Gasteiger partial charge >= 0.3 is 6.01 Å². The van der Waals surface area contributed by atoms with Crippen molar-refractivity contribution in [1.82, 2.24) is 76.0 Å². The van der Waals surface area contributed by atoms with Crippen molar-refractivity contribution in [3.05, 3.63) is 100.0 Å². The zero-order valence-electron chi connectivity index (χ0n) is 75.7. The molecule has 13 aliphatic rings. The lowest BCUT2D eigenvalue weighted by atomic mass is 9.59. The van der Waals surface area contributed by atoms with Crippen LogP contribution in [-0.4, -0.2) is 212 Å². The first-order valence-electron chi connectivity index (χ1n) is 47.7. The van der Waals surface area contributed by atoms with Gasteiger partial charge in [-0.05, 0) is 265 Å². The molecule has 129 heavy (non-hydrogen) atoms. The average molecular weight is 1800 g/mol. The molecule has 6 aliphatic heterocycles. The van der Waals surface area contributed by atoms with E-state index in [2.05, 4.69) is 132 Å². The van der Waals surface area contributed by atoms with E-state index >= 15 is 0 Å². The van der Waals surface area contributed by atoms with Crippen molar-refractivity contribution >= 4 is 66.5 Å². The number of aromatic nitrogens is 9. The first kappa shape index (κ1) is 84.9. The van der Waals surface area contributed by atoms with Gasteiger partial charge in [-0.25, -0.2) is 9.97 Å². The number of anilines is 6. The molecule has 9 N–H and O–H groups in total. The summed E-state index contributed by atoms with van der Waals surface area (Å²) in [5, 5.41) is 62.3. The minimum atomic E-state index is -0.704. The Kier molecular flexibility index (Phi) is 21.7. The van der Waals surface area contributed by atoms with Crippen LogP contribution in [0, 0.1) is 39.9 Å². The number of nitriles is 3. The first-order chi connectivity index (χ1) is 62.5. The van der Waals surface area contributed by atoms with Gasteiger partial charge in [0.25, 0.3) is 0 Å². The molecule has 0 radical (unpaired) electrons. The maximum atomic E-state index is 11.4. The molecule has 9 aromatic rings. The van der Waals surface area contributed by atoms with Gasteiger partial charge in [0.1, 0.15) is 74.7 Å². The third-order valence-corrected chi connectivity index (χ3v) is 35.5. The molecule has 15 heterocycles. The van der Waals surface area contributed by atoms with E-state index in [-0.39, 0.29) is 84.0 Å². The molecule has 7 fully saturated rings. The van der Waals surface area contributed by atoms with Crippen molar-refractivity contribution in [2.45, 2.75) is 296 Å². The number of likely N-dealkylation sites (tertiary alicyclic amines) is 3. The van der Waals surface area contributed by atoms with Gasteiger partial charge in [0.2, 0.25) is 34.9 Å². The normalized spacial score (nSPS) is 29.6. The van der Waals surface area contributed by atoms with E-state index in [4.69, 9.17) is 90.4 Å². The topological polar surface area (TPSA) is 388 Å². The fraction of sp³-hybridized carbons (Fsp3) is 0.625. The van der Waals surface area contributed by atoms with Crippen molar-refractivity contribution in [2.24, 2.45) is 5.92 Å². The third kappa shape index (κ3) is 14.6. The molecular formula is C96H120N24O6S3. The van der Waals surface area contributed by atoms with Gasteiger partial charge in [0, 0.05) is 165 Å². The Balaban J connectivity index is 0.572. The number of nitrogen functional groups attached to an aromatic ring is 3. The maximum absolute atomic E-state index is 11.4. The van der Waals surface area contributed by atoms with Crippen LogP contribution in [0.15, 0.2) is 31.8 Å². The molecule has 0 aromatic carbocycles. The minimum Gasteiger partial charge on any atom is -0.473 e. The summed E-state index contributed by atoms with van der Waals surface area (Å²) in [4.78, 5) is 50.0. The molecule has 1 saturated carbocycles. The van der Waals surface area contributed by atoms with Gasteiger partial charge in [-0.2, -0.15) is 35.7 Å². The maximum Gasteiger partial charge on any atom is 0.319 e. The van der Waals surface area contributed by atoms with Crippen LogP contribution < -0.4 is 62.1 Å². The molecule has 6 saturated heterocycles. The number of piperazine rings is 3. The van der Waals surface area contributed by atoms with E-state index in [0.717, 1.165) is 264 Å². The van der Waals surface area contributed by atoms with Crippen LogP contribution >= 0.6 is 34.0 Å². The molecule has 16 atom stereocenters. The number of aryl methyl sites for hydroxylation is 1. The fourth-order valence-electron chi connectivity index (χ4n) is 26.5. The van der Waals surface area contributed by atoms with Crippen molar-refractivity contribution in [3.8, 4) is 70.6 Å². The lowest BCUT2D eigenvalue weighted by molar-refractivity contribution is 0.112. The second-order valence-electron chi connectivity index (χ2n) is 40.7. The minimum absolute atomic E-state index is 0.0118. The van der Waals surface area contributed by atoms with Gasteiger partial charge < -0.3 is 75.6 Å². The number of ether oxygens (including phenoxy) is 3. The molecule has 33 heteroatoms. The molecule has 22 rings (SSSR count). The van der Waals surface area contributed by atoms with Crippen LogP contribution in [0.25, 0.3) is 34.6 Å². The molecule has 0 bridgehead atoms. The standard InChI is InChI=1S/C96H120N24O6S3/c1-50-44-118(45-51(2)103-50)73-38-75(121-53(4)67-20-14-32-115(67)7)109-90(106-73)81-60-18-11-26-95(85(60)113-125-81)29-24-58(83-79(95)64(43-99)89(102)129-83)66-48-120(49-93(111-66)30-31-93)74-39-76(122-54(5)68-21-15-33-116(68)8)110-91(107-74)82-61-19-12-28-96(86(61)114-126-82)40-56(36-71-78(96)63(42-98)88(101)128-71)35-57-47-119(46-52(3)104-57)72-37-65(105-92(108-72)123-55(6)69-22-16-34-117(69)9)80-59-17-10-25-94(84(59)112-124-80)27-13-23-70-77(94)62(41-97)87(100)127-70/h37-39,50-58,66-69,103-104,111H,10-36,40,44-49,100-102H2,1-9H3/t50-,51-,52-,53-,54-,55-,56?,57-,58?,66?,67-,68-,69-,94-,95-,96-/m0/s1. The molecule has 7 aliphatic carbocycles. The monoisotopic (exact) mass is 1800 g/mol. The van der Waals surface area contributed by atoms with Crippen LogP contribution in [0.5, 0.6) is 17.8 Å². The number of thiophene rings is 3. The molecule has 3 unspecified atom stereocenters. The Labute approximate surface area is 766 Å². The number of hydrogen-bond acceptors (Lipinski definition) is 33. The number of fused-ring (bicyclic) bond motifs is 12. The number of likely N-dealkylation sites (N-methyl/N-ethyl adjacent to an activating group) is 3. The molecular weight excluding hydrogens is 1680 g/mol. The van der Waals surface area contributed by atoms with Gasteiger partial charge in [-0.15, -0.1) is 34.0 Å². The lowest BCUT2D eigenvalue weighted by Gasteiger charge is -2.47. The predicted molar refractivity (Wildman–Crippen MR) is 497 cm³/mol. The number of hydrogen-bond donors (Lipinski definition) is 6. The smallest absolute Gasteiger partial charge is 0.319 e. The number of nitrogens with one attached hydrogen (secondary N) is 3. The molecule has 30 nitrogen and oxygen atoms in total. The summed E-state index contributed by atoms with van der Waals surface area (Å²) >= 11 is 4.67. The van der Waals surface area contributed by atoms with E-state index in [1.54, 1.807) is 34.0 Å². The van der Waals surface area contributed by atoms with Gasteiger partial charge in [-0.1, -0.05) is 15.5 Å². The van der Waals surface area contributed by atoms with Crippen molar-refractivity contribution in [1.29, 1.82) is 15.8 Å². The third-order valence-electron chi connectivity index (χ3n) is 32.2. The second kappa shape index (κ2) is 33.0. The van der Waals surface area contributed by atoms with Crippen LogP contribution in [-0.2, 0) is 48.3 Å². The summed E-state index contributed by atoms with van der Waals surface area (Å²) in [7, 11) is 6.53. The summed E-state index contributed by atoms with van der Waals surface area (Å²) < 4.78 is 41.1. The quantitative estimate of drug-likeness (QED) is 0.0464. The van der Waals surface area contributed by atoms with Crippen LogP contribution in [0.1, 0.15) is 258 Å². The van der Waals surface area contributed by atoms with E-state index in [9.17, 15) is 15.8 Å². The van der Waals surface area contributed by atoms with Crippen LogP contribution in [0.2, 0.25) is 0 Å². The fourth-order valence-corrected chi connectivity index (χ4v) is 30.2. The van der Waals surface area contributed by atoms with Crippen molar-refractivity contribution in [3.63, 3.8) is 0 Å². The Morgan fingerprint density at radius 2 is 0.984 bits per heavy atom. The van der Waals surface area contributed by atoms with Gasteiger partial charge in [0.15, 0.2) is 5.76 Å². The molecule has 678 valence electrons. The van der Waals surface area contributed by atoms with E-state index in [1.807, 2.05) is 12.1 Å². The first-order valence-corrected chi connectivity index (χ1v) is 50.2. The highest BCUT2D eigenvalue weighted by atomic mass is 32.1. The number of nitrogens with zero attached hydrogens (tertiary/aromatic N) is 18. The Bertz CT molecular complexity index is 5950. The zero-order chi connectivity index (χ0) is 88.4. The summed E-state index contributed by atoms with van der Waals surface area (Å²) in [5.41, 5.74) is 29.7. The Morgan fingerprint density at radius 3 is 1.55 bits per heavy atom. The lowest BCUT2D eigenvalue weighted by Crippen LogP contribution is -2.61. The summed E-state index contributed by atoms with van der Waals surface area (Å²) in [6, 6.07) is 15.4. The highest BCUT2D eigenvalue weighted by molar-refractivity contribution is 7.17. The average Bonchev–Trinajstić information content (AvgIpc) is 1.58.